The van der Waals surface area contributed by atoms with Crippen LogP contribution in [0.15, 0.2) is 15.8 Å². The molecule has 124 valence electrons. The number of hydrogen-bond donors (Lipinski definition) is 2. The minimum absolute atomic E-state index is 0.210. The molecule has 0 aromatic carbocycles. The van der Waals surface area contributed by atoms with Gasteiger partial charge in [-0.15, -0.1) is 0 Å². The van der Waals surface area contributed by atoms with Gasteiger partial charge in [0.05, 0.1) is 14.9 Å². The number of carbonyl (C=O) groups excluding carboxylic acids is 1. The number of nitrogens with one attached hydrogen (secondary N) is 1. The van der Waals surface area contributed by atoms with E-state index in [1.807, 2.05) is 6.92 Å². The molecule has 1 fully saturated rings. The molecule has 0 saturated heterocycles. The molecule has 8 heteroatoms. The van der Waals surface area contributed by atoms with Crippen LogP contribution in [0, 0.1) is 5.41 Å². The summed E-state index contributed by atoms with van der Waals surface area (Å²) in [4.78, 5) is 21.8. The summed E-state index contributed by atoms with van der Waals surface area (Å²) >= 11 is 9.93. The van der Waals surface area contributed by atoms with E-state index in [0.717, 1.165) is 22.3 Å². The number of amidine groups is 1. The van der Waals surface area contributed by atoms with Gasteiger partial charge in [0, 0.05) is 23.7 Å². The molecule has 3 rings (SSSR count). The minimum atomic E-state index is -0.617. The van der Waals surface area contributed by atoms with Crippen molar-refractivity contribution in [1.82, 2.24) is 4.98 Å². The van der Waals surface area contributed by atoms with Gasteiger partial charge in [0.15, 0.2) is 0 Å². The number of halogens is 2. The van der Waals surface area contributed by atoms with Gasteiger partial charge in [0.1, 0.15) is 11.7 Å². The Morgan fingerprint density at radius 2 is 2.30 bits per heavy atom. The molecule has 2 heterocycles. The van der Waals surface area contributed by atoms with E-state index < -0.39 is 5.41 Å². The molecule has 1 spiro atoms. The molecule has 0 radical (unpaired) electrons. The fourth-order valence-corrected chi connectivity index (χ4v) is 4.27. The normalized spacial score (nSPS) is 29.5. The molecule has 0 bridgehead atoms. The highest BCUT2D eigenvalue weighted by atomic mass is 79.9. The molecule has 2 atom stereocenters. The number of nitrogens with two attached hydrogens (primary N) is 1. The second-order valence-electron chi connectivity index (χ2n) is 6.63. The van der Waals surface area contributed by atoms with E-state index in [4.69, 9.17) is 22.2 Å². The third kappa shape index (κ3) is 2.70. The Morgan fingerprint density at radius 1 is 1.57 bits per heavy atom. The van der Waals surface area contributed by atoms with E-state index in [1.54, 1.807) is 13.1 Å². The molecule has 1 aliphatic carbocycles. The van der Waals surface area contributed by atoms with Gasteiger partial charge in [-0.2, -0.15) is 0 Å². The predicted molar refractivity (Wildman–Crippen MR) is 92.5 cm³/mol. The standard InChI is InChI=1S/C15H18BrClN4O2/c1-8(18)21-23-13(22)14(2)3-4-15(6-14)7-20-12-10(15)11(17)9(16)5-19-12/h5H,3-4,6-7H2,1-2H3,(H2,18,21)(H,19,20). The van der Waals surface area contributed by atoms with Gasteiger partial charge in [-0.05, 0) is 49.0 Å². The highest BCUT2D eigenvalue weighted by Crippen LogP contribution is 2.57. The molecule has 1 saturated carbocycles. The van der Waals surface area contributed by atoms with E-state index in [1.165, 1.54) is 0 Å². The lowest BCUT2D eigenvalue weighted by Gasteiger charge is -2.27. The van der Waals surface area contributed by atoms with Crippen LogP contribution < -0.4 is 11.1 Å². The molecule has 1 aromatic heterocycles. The van der Waals surface area contributed by atoms with Gasteiger partial charge in [-0.3, -0.25) is 0 Å². The first-order valence-corrected chi connectivity index (χ1v) is 8.54. The third-order valence-corrected chi connectivity index (χ3v) is 5.97. The van der Waals surface area contributed by atoms with Crippen LogP contribution in [0.2, 0.25) is 5.02 Å². The average Bonchev–Trinajstić information content (AvgIpc) is 3.03. The summed E-state index contributed by atoms with van der Waals surface area (Å²) in [5.41, 5.74) is 5.59. The molecule has 1 aromatic rings. The Labute approximate surface area is 147 Å². The number of pyridine rings is 1. The highest BCUT2D eigenvalue weighted by Gasteiger charge is 2.55. The van der Waals surface area contributed by atoms with Gasteiger partial charge in [0.2, 0.25) is 0 Å². The number of rotatable bonds is 2. The maximum Gasteiger partial charge on any atom is 0.340 e. The van der Waals surface area contributed by atoms with Crippen molar-refractivity contribution in [3.8, 4) is 0 Å². The molecule has 3 N–H and O–H groups in total. The van der Waals surface area contributed by atoms with E-state index in [0.29, 0.717) is 24.4 Å². The summed E-state index contributed by atoms with van der Waals surface area (Å²) in [6.07, 6.45) is 3.86. The first-order valence-electron chi connectivity index (χ1n) is 7.37. The monoisotopic (exact) mass is 400 g/mol. The Hall–Kier alpha value is -1.34. The van der Waals surface area contributed by atoms with Crippen molar-refractivity contribution in [2.45, 2.75) is 38.5 Å². The molecule has 2 unspecified atom stereocenters. The SMILES string of the molecule is CC(N)=NOC(=O)C1(C)CCC2(CNc3ncc(Br)c(Cl)c32)C1. The lowest BCUT2D eigenvalue weighted by atomic mass is 9.77. The van der Waals surface area contributed by atoms with Crippen molar-refractivity contribution in [2.24, 2.45) is 16.3 Å². The summed E-state index contributed by atoms with van der Waals surface area (Å²) in [7, 11) is 0. The minimum Gasteiger partial charge on any atom is -0.385 e. The number of oxime groups is 1. The van der Waals surface area contributed by atoms with E-state index in [2.05, 4.69) is 31.4 Å². The first kappa shape index (κ1) is 16.5. The molecule has 2 aliphatic rings. The van der Waals surface area contributed by atoms with Gasteiger partial charge < -0.3 is 15.9 Å². The number of nitrogens with zero attached hydrogens (tertiary/aromatic N) is 2. The predicted octanol–water partition coefficient (Wildman–Crippen LogP) is 3.19. The van der Waals surface area contributed by atoms with Crippen molar-refractivity contribution < 1.29 is 9.63 Å². The van der Waals surface area contributed by atoms with Crippen LogP contribution in [-0.4, -0.2) is 23.3 Å². The Bertz CT molecular complexity index is 707. The summed E-state index contributed by atoms with van der Waals surface area (Å²) in [5.74, 6) is 0.664. The van der Waals surface area contributed by atoms with E-state index >= 15 is 0 Å². The van der Waals surface area contributed by atoms with Gasteiger partial charge in [-0.1, -0.05) is 16.8 Å². The van der Waals surface area contributed by atoms with Crippen LogP contribution >= 0.6 is 27.5 Å². The maximum absolute atomic E-state index is 12.4. The zero-order chi connectivity index (χ0) is 16.8. The first-order chi connectivity index (χ1) is 10.8. The molecular formula is C15H18BrClN4O2. The topological polar surface area (TPSA) is 89.6 Å². The van der Waals surface area contributed by atoms with Crippen LogP contribution in [0.4, 0.5) is 5.82 Å². The quantitative estimate of drug-likeness (QED) is 0.344. The summed E-state index contributed by atoms with van der Waals surface area (Å²) in [6, 6.07) is 0. The second-order valence-corrected chi connectivity index (χ2v) is 7.86. The average molecular weight is 402 g/mol. The lowest BCUT2D eigenvalue weighted by molar-refractivity contribution is -0.154. The molecule has 6 nitrogen and oxygen atoms in total. The van der Waals surface area contributed by atoms with Crippen LogP contribution in [0.1, 0.15) is 38.7 Å². The Morgan fingerprint density at radius 3 is 3.00 bits per heavy atom. The fourth-order valence-electron chi connectivity index (χ4n) is 3.63. The third-order valence-electron chi connectivity index (χ3n) is 4.75. The second kappa shape index (κ2) is 5.63. The number of aromatic nitrogens is 1. The zero-order valence-corrected chi connectivity index (χ0v) is 15.3. The maximum atomic E-state index is 12.4. The summed E-state index contributed by atoms with van der Waals surface area (Å²) in [5, 5.41) is 7.56. The van der Waals surface area contributed by atoms with Gasteiger partial charge >= 0.3 is 5.97 Å². The fraction of sp³-hybridized carbons (Fsp3) is 0.533. The van der Waals surface area contributed by atoms with Crippen molar-refractivity contribution >= 4 is 45.2 Å². The van der Waals surface area contributed by atoms with Gasteiger partial charge in [0.25, 0.3) is 0 Å². The van der Waals surface area contributed by atoms with Crippen LogP contribution in [0.3, 0.4) is 0 Å². The van der Waals surface area contributed by atoms with E-state index in [-0.39, 0.29) is 17.2 Å². The summed E-state index contributed by atoms with van der Waals surface area (Å²) < 4.78 is 0.764. The van der Waals surface area contributed by atoms with E-state index in [9.17, 15) is 4.79 Å². The van der Waals surface area contributed by atoms with Crippen LogP contribution in [-0.2, 0) is 15.0 Å². The number of fused-ring (bicyclic) bond motifs is 2. The Kier molecular flexibility index (Phi) is 4.04. The molecular weight excluding hydrogens is 384 g/mol. The smallest absolute Gasteiger partial charge is 0.340 e. The van der Waals surface area contributed by atoms with Crippen molar-refractivity contribution in [3.63, 3.8) is 0 Å². The molecule has 0 amide bonds. The van der Waals surface area contributed by atoms with Gasteiger partial charge in [-0.25, -0.2) is 9.78 Å². The molecule has 23 heavy (non-hydrogen) atoms. The van der Waals surface area contributed by atoms with Crippen molar-refractivity contribution in [2.75, 3.05) is 11.9 Å². The van der Waals surface area contributed by atoms with Crippen molar-refractivity contribution in [1.29, 1.82) is 0 Å². The number of carbonyl (C=O) groups is 1. The largest absolute Gasteiger partial charge is 0.385 e. The molecule has 1 aliphatic heterocycles. The highest BCUT2D eigenvalue weighted by molar-refractivity contribution is 9.10. The zero-order valence-electron chi connectivity index (χ0n) is 12.9. The summed E-state index contributed by atoms with van der Waals surface area (Å²) in [6.45, 7) is 4.20. The lowest BCUT2D eigenvalue weighted by Crippen LogP contribution is -2.32. The number of anilines is 1. The number of hydrogen-bond acceptors (Lipinski definition) is 5. The van der Waals surface area contributed by atoms with Crippen LogP contribution in [0.25, 0.3) is 0 Å². The Balaban J connectivity index is 1.91. The van der Waals surface area contributed by atoms with Crippen molar-refractivity contribution in [3.05, 3.63) is 21.3 Å². The van der Waals surface area contributed by atoms with Crippen LogP contribution in [0.5, 0.6) is 0 Å².